The topological polar surface area (TPSA) is 105 Å². The molecular weight excluding hydrogens is 513 g/mol. The molecular formula is C18H23ClIN5O2S. The number of rotatable bonds is 4. The molecule has 0 spiro atoms. The second-order valence-corrected chi connectivity index (χ2v) is 8.31. The lowest BCUT2D eigenvalue weighted by Gasteiger charge is -2.36. The zero-order valence-electron chi connectivity index (χ0n) is 15.2. The minimum absolute atomic E-state index is 0. The molecule has 0 amide bonds. The first kappa shape index (κ1) is 22.7. The normalized spacial score (nSPS) is 15.3. The van der Waals surface area contributed by atoms with E-state index < -0.39 is 10.0 Å². The molecule has 0 aromatic heterocycles. The van der Waals surface area contributed by atoms with E-state index in [1.54, 1.807) is 12.1 Å². The number of anilines is 1. The van der Waals surface area contributed by atoms with Crippen LogP contribution in [-0.2, 0) is 16.6 Å². The lowest BCUT2D eigenvalue weighted by molar-refractivity contribution is 0.380. The molecule has 0 saturated carbocycles. The van der Waals surface area contributed by atoms with E-state index in [9.17, 15) is 8.42 Å². The summed E-state index contributed by atoms with van der Waals surface area (Å²) in [4.78, 5) is 8.84. The molecule has 2 aromatic rings. The molecule has 0 radical (unpaired) electrons. The van der Waals surface area contributed by atoms with E-state index in [0.29, 0.717) is 12.5 Å². The number of hydrogen-bond donors (Lipinski definition) is 2. The number of primary sulfonamides is 1. The minimum atomic E-state index is -3.68. The number of nitrogens with two attached hydrogens (primary N) is 2. The zero-order valence-corrected chi connectivity index (χ0v) is 19.1. The number of nitrogens with zero attached hydrogens (tertiary/aromatic N) is 3. The highest BCUT2D eigenvalue weighted by molar-refractivity contribution is 14.0. The molecule has 28 heavy (non-hydrogen) atoms. The Morgan fingerprint density at radius 2 is 1.57 bits per heavy atom. The maximum Gasteiger partial charge on any atom is 0.238 e. The summed E-state index contributed by atoms with van der Waals surface area (Å²) in [5.74, 6) is 0.487. The number of guanidine groups is 1. The van der Waals surface area contributed by atoms with Gasteiger partial charge in [0, 0.05) is 36.9 Å². The van der Waals surface area contributed by atoms with Gasteiger partial charge in [0.05, 0.1) is 11.4 Å². The smallest absolute Gasteiger partial charge is 0.238 e. The average molecular weight is 536 g/mol. The number of piperazine rings is 1. The molecule has 4 N–H and O–H groups in total. The molecule has 0 bridgehead atoms. The van der Waals surface area contributed by atoms with E-state index in [1.807, 2.05) is 29.2 Å². The van der Waals surface area contributed by atoms with Crippen LogP contribution in [0.2, 0.25) is 5.02 Å². The maximum absolute atomic E-state index is 11.3. The summed E-state index contributed by atoms with van der Waals surface area (Å²) >= 11 is 5.94. The Morgan fingerprint density at radius 1 is 1.00 bits per heavy atom. The van der Waals surface area contributed by atoms with Crippen LogP contribution in [0.1, 0.15) is 5.56 Å². The fourth-order valence-electron chi connectivity index (χ4n) is 2.90. The van der Waals surface area contributed by atoms with Crippen LogP contribution in [0.3, 0.4) is 0 Å². The van der Waals surface area contributed by atoms with Crippen molar-refractivity contribution in [2.75, 3.05) is 31.1 Å². The van der Waals surface area contributed by atoms with E-state index in [1.165, 1.54) is 12.1 Å². The largest absolute Gasteiger partial charge is 0.370 e. The minimum Gasteiger partial charge on any atom is -0.370 e. The molecule has 2 aromatic carbocycles. The lowest BCUT2D eigenvalue weighted by atomic mass is 10.2. The van der Waals surface area contributed by atoms with Gasteiger partial charge in [-0.05, 0) is 42.0 Å². The number of benzene rings is 2. The van der Waals surface area contributed by atoms with Crippen LogP contribution in [0.15, 0.2) is 58.4 Å². The molecule has 152 valence electrons. The van der Waals surface area contributed by atoms with Crippen LogP contribution in [0.5, 0.6) is 0 Å². The summed E-state index contributed by atoms with van der Waals surface area (Å²) in [6.07, 6.45) is 0. The summed E-state index contributed by atoms with van der Waals surface area (Å²) in [6, 6.07) is 14.1. The second-order valence-electron chi connectivity index (χ2n) is 6.31. The number of aliphatic imine (C=N–C) groups is 1. The van der Waals surface area contributed by atoms with Crippen molar-refractivity contribution >= 4 is 57.2 Å². The van der Waals surface area contributed by atoms with Crippen molar-refractivity contribution < 1.29 is 8.42 Å². The number of sulfonamides is 1. The predicted octanol–water partition coefficient (Wildman–Crippen LogP) is 2.24. The molecule has 10 heteroatoms. The first-order chi connectivity index (χ1) is 12.8. The van der Waals surface area contributed by atoms with Gasteiger partial charge in [-0.2, -0.15) is 0 Å². The van der Waals surface area contributed by atoms with Crippen LogP contribution < -0.4 is 15.8 Å². The molecule has 1 fully saturated rings. The Kier molecular flexibility index (Phi) is 7.93. The van der Waals surface area contributed by atoms with Gasteiger partial charge >= 0.3 is 0 Å². The second kappa shape index (κ2) is 9.77. The van der Waals surface area contributed by atoms with Crippen LogP contribution >= 0.6 is 35.6 Å². The van der Waals surface area contributed by atoms with Gasteiger partial charge in [0.2, 0.25) is 10.0 Å². The zero-order chi connectivity index (χ0) is 19.4. The highest BCUT2D eigenvalue weighted by Crippen LogP contribution is 2.19. The van der Waals surface area contributed by atoms with E-state index in [2.05, 4.69) is 9.89 Å². The summed E-state index contributed by atoms with van der Waals surface area (Å²) in [5.41, 5.74) is 8.13. The fraction of sp³-hybridized carbons (Fsp3) is 0.278. The molecule has 1 heterocycles. The van der Waals surface area contributed by atoms with Crippen LogP contribution in [-0.4, -0.2) is 45.5 Å². The third kappa shape index (κ3) is 5.97. The summed E-state index contributed by atoms with van der Waals surface area (Å²) in [5, 5.41) is 5.82. The van der Waals surface area contributed by atoms with Crippen molar-refractivity contribution in [1.29, 1.82) is 0 Å². The summed E-state index contributed by atoms with van der Waals surface area (Å²) in [6.45, 7) is 3.64. The fourth-order valence-corrected chi connectivity index (χ4v) is 3.54. The third-order valence-electron chi connectivity index (χ3n) is 4.47. The molecule has 0 unspecified atom stereocenters. The van der Waals surface area contributed by atoms with Gasteiger partial charge in [-0.15, -0.1) is 24.0 Å². The Bertz CT molecular complexity index is 912. The van der Waals surface area contributed by atoms with E-state index in [4.69, 9.17) is 22.5 Å². The van der Waals surface area contributed by atoms with E-state index in [0.717, 1.165) is 42.5 Å². The molecule has 1 aliphatic rings. The van der Waals surface area contributed by atoms with Crippen molar-refractivity contribution in [3.05, 3.63) is 59.1 Å². The molecule has 0 atom stereocenters. The van der Waals surface area contributed by atoms with Gasteiger partial charge in [-0.1, -0.05) is 23.7 Å². The monoisotopic (exact) mass is 535 g/mol. The quantitative estimate of drug-likeness (QED) is 0.355. The summed E-state index contributed by atoms with van der Waals surface area (Å²) < 4.78 is 22.6. The van der Waals surface area contributed by atoms with Crippen LogP contribution in [0.25, 0.3) is 0 Å². The Balaban J connectivity index is 0.00000280. The standard InChI is InChI=1S/C18H22ClN5O2S.HI/c19-15-3-5-16(6-4-15)23-9-11-24(12-10-23)18(20)22-13-14-1-7-17(8-2-14)27(21,25)26;/h1-8H,9-13H2,(H2,20,22)(H2,21,25,26);1H. The highest BCUT2D eigenvalue weighted by atomic mass is 127. The van der Waals surface area contributed by atoms with Gasteiger partial charge in [0.15, 0.2) is 5.96 Å². The Hall–Kier alpha value is -1.56. The van der Waals surface area contributed by atoms with Gasteiger partial charge in [-0.3, -0.25) is 0 Å². The average Bonchev–Trinajstić information content (AvgIpc) is 2.66. The molecule has 1 aliphatic heterocycles. The number of halogens is 2. The van der Waals surface area contributed by atoms with Crippen LogP contribution in [0.4, 0.5) is 5.69 Å². The van der Waals surface area contributed by atoms with E-state index >= 15 is 0 Å². The predicted molar refractivity (Wildman–Crippen MR) is 124 cm³/mol. The SMILES string of the molecule is I.NC(=NCc1ccc(S(N)(=O)=O)cc1)N1CCN(c2ccc(Cl)cc2)CC1. The highest BCUT2D eigenvalue weighted by Gasteiger charge is 2.18. The van der Waals surface area contributed by atoms with E-state index in [-0.39, 0.29) is 28.9 Å². The summed E-state index contributed by atoms with van der Waals surface area (Å²) in [7, 11) is -3.68. The first-order valence-electron chi connectivity index (χ1n) is 8.50. The van der Waals surface area contributed by atoms with Gasteiger partial charge < -0.3 is 15.5 Å². The molecule has 7 nitrogen and oxygen atoms in total. The third-order valence-corrected chi connectivity index (χ3v) is 5.65. The lowest BCUT2D eigenvalue weighted by Crippen LogP contribution is -2.51. The molecule has 0 aliphatic carbocycles. The first-order valence-corrected chi connectivity index (χ1v) is 10.4. The maximum atomic E-state index is 11.3. The Labute approximate surface area is 187 Å². The molecule has 3 rings (SSSR count). The van der Waals surface area contributed by atoms with Crippen molar-refractivity contribution in [3.8, 4) is 0 Å². The van der Waals surface area contributed by atoms with Gasteiger partial charge in [0.25, 0.3) is 0 Å². The van der Waals surface area contributed by atoms with Crippen molar-refractivity contribution in [2.45, 2.75) is 11.4 Å². The molecule has 1 saturated heterocycles. The van der Waals surface area contributed by atoms with Gasteiger partial charge in [0.1, 0.15) is 0 Å². The van der Waals surface area contributed by atoms with Crippen molar-refractivity contribution in [3.63, 3.8) is 0 Å². The van der Waals surface area contributed by atoms with Crippen molar-refractivity contribution in [1.82, 2.24) is 4.90 Å². The van der Waals surface area contributed by atoms with Crippen molar-refractivity contribution in [2.24, 2.45) is 15.9 Å². The van der Waals surface area contributed by atoms with Gasteiger partial charge in [-0.25, -0.2) is 18.5 Å². The Morgan fingerprint density at radius 3 is 2.11 bits per heavy atom. The number of hydrogen-bond acceptors (Lipinski definition) is 4. The van der Waals surface area contributed by atoms with Crippen LogP contribution in [0, 0.1) is 0 Å².